The van der Waals surface area contributed by atoms with Crippen LogP contribution in [-0.2, 0) is 9.59 Å². The third-order valence-corrected chi connectivity index (χ3v) is 5.06. The lowest BCUT2D eigenvalue weighted by Gasteiger charge is -2.44. The van der Waals surface area contributed by atoms with E-state index in [4.69, 9.17) is 14.6 Å². The lowest BCUT2D eigenvalue weighted by molar-refractivity contribution is -0.134. The molecule has 5 rings (SSSR count). The maximum Gasteiger partial charge on any atom is 0.328 e. The van der Waals surface area contributed by atoms with Crippen molar-refractivity contribution < 1.29 is 29.0 Å². The van der Waals surface area contributed by atoms with E-state index in [1.54, 1.807) is 6.26 Å². The number of fused-ring (bicyclic) bond motifs is 4. The van der Waals surface area contributed by atoms with Crippen LogP contribution in [0.4, 0.5) is 0 Å². The van der Waals surface area contributed by atoms with Crippen molar-refractivity contribution in [2.24, 2.45) is 5.92 Å². The standard InChI is InChI=1S/C16H18N2O2.C4H4O4/c19-16(13-1-2-15-12(9-13)5-8-20-15)17-14-10-18-6-3-11(14)4-7-18;5-3(6)1-2-4(7)8/h1-2,5,8-9,11,14H,3-4,6-7,10H2,(H,17,19);1-2H,(H,5,6)(H,7,8)/t14-;/m0./s1. The number of hydrogen-bond donors (Lipinski definition) is 3. The molecule has 3 aliphatic rings. The molecule has 3 aliphatic heterocycles. The van der Waals surface area contributed by atoms with E-state index in [1.165, 1.54) is 25.9 Å². The minimum atomic E-state index is -1.26. The normalized spacial score (nSPS) is 23.2. The summed E-state index contributed by atoms with van der Waals surface area (Å²) in [6.45, 7) is 3.39. The third-order valence-electron chi connectivity index (χ3n) is 5.06. The molecule has 1 atom stereocenters. The molecule has 0 unspecified atom stereocenters. The molecule has 1 amide bonds. The number of carbonyl (C=O) groups is 3. The fraction of sp³-hybridized carbons (Fsp3) is 0.350. The summed E-state index contributed by atoms with van der Waals surface area (Å²) >= 11 is 0. The molecule has 1 aromatic carbocycles. The zero-order valence-electron chi connectivity index (χ0n) is 15.2. The molecule has 8 heteroatoms. The number of nitrogens with one attached hydrogen (secondary N) is 1. The predicted octanol–water partition coefficient (Wildman–Crippen LogP) is 1.97. The molecule has 0 saturated carbocycles. The summed E-state index contributed by atoms with van der Waals surface area (Å²) in [5, 5.41) is 19.8. The highest BCUT2D eigenvalue weighted by atomic mass is 16.4. The largest absolute Gasteiger partial charge is 0.478 e. The summed E-state index contributed by atoms with van der Waals surface area (Å²) in [5.41, 5.74) is 1.54. The summed E-state index contributed by atoms with van der Waals surface area (Å²) in [4.78, 5) is 34.0. The molecule has 3 N–H and O–H groups in total. The average Bonchev–Trinajstić information content (AvgIpc) is 3.15. The third kappa shape index (κ3) is 4.98. The SMILES string of the molecule is O=C(N[C@H]1CN2CCC1CC2)c1ccc2occc2c1.O=C(O)C=CC(=O)O. The Kier molecular flexibility index (Phi) is 6.10. The molecule has 3 saturated heterocycles. The maximum absolute atomic E-state index is 12.4. The number of hydrogen-bond acceptors (Lipinski definition) is 5. The molecule has 0 spiro atoms. The van der Waals surface area contributed by atoms with Gasteiger partial charge in [-0.3, -0.25) is 4.79 Å². The highest BCUT2D eigenvalue weighted by Crippen LogP contribution is 2.27. The first-order valence-corrected chi connectivity index (χ1v) is 9.07. The van der Waals surface area contributed by atoms with Crippen molar-refractivity contribution in [1.29, 1.82) is 0 Å². The number of carboxylic acids is 2. The Balaban J connectivity index is 0.000000242. The van der Waals surface area contributed by atoms with Crippen molar-refractivity contribution in [1.82, 2.24) is 10.2 Å². The predicted molar refractivity (Wildman–Crippen MR) is 101 cm³/mol. The van der Waals surface area contributed by atoms with E-state index in [0.717, 1.165) is 23.1 Å². The average molecular weight is 386 g/mol. The number of carbonyl (C=O) groups excluding carboxylic acids is 1. The molecule has 28 heavy (non-hydrogen) atoms. The van der Waals surface area contributed by atoms with E-state index >= 15 is 0 Å². The van der Waals surface area contributed by atoms with Gasteiger partial charge in [0.25, 0.3) is 5.91 Å². The number of rotatable bonds is 4. The van der Waals surface area contributed by atoms with Crippen molar-refractivity contribution in [2.45, 2.75) is 18.9 Å². The molecular weight excluding hydrogens is 364 g/mol. The number of furan rings is 1. The molecule has 1 aromatic heterocycles. The summed E-state index contributed by atoms with van der Waals surface area (Å²) in [6.07, 6.45) is 5.20. The molecular formula is C20H22N2O6. The molecule has 2 aromatic rings. The van der Waals surface area contributed by atoms with Crippen molar-refractivity contribution in [3.05, 3.63) is 48.2 Å². The van der Waals surface area contributed by atoms with Crippen LogP contribution in [0, 0.1) is 5.92 Å². The van der Waals surface area contributed by atoms with Gasteiger partial charge >= 0.3 is 11.9 Å². The number of piperidine rings is 3. The number of carboxylic acid groups (broad SMARTS) is 2. The van der Waals surface area contributed by atoms with E-state index < -0.39 is 11.9 Å². The van der Waals surface area contributed by atoms with Crippen LogP contribution >= 0.6 is 0 Å². The van der Waals surface area contributed by atoms with E-state index in [9.17, 15) is 14.4 Å². The van der Waals surface area contributed by atoms with Crippen LogP contribution < -0.4 is 5.32 Å². The monoisotopic (exact) mass is 386 g/mol. The van der Waals surface area contributed by atoms with E-state index in [2.05, 4.69) is 10.2 Å². The van der Waals surface area contributed by atoms with Crippen molar-refractivity contribution in [3.63, 3.8) is 0 Å². The zero-order valence-corrected chi connectivity index (χ0v) is 15.2. The minimum absolute atomic E-state index is 0.0341. The summed E-state index contributed by atoms with van der Waals surface area (Å²) in [6, 6.07) is 7.80. The van der Waals surface area contributed by atoms with Gasteiger partial charge in [0.05, 0.1) is 6.26 Å². The van der Waals surface area contributed by atoms with Crippen LogP contribution in [0.1, 0.15) is 23.2 Å². The zero-order chi connectivity index (χ0) is 20.1. The summed E-state index contributed by atoms with van der Waals surface area (Å²) in [7, 11) is 0. The second-order valence-electron chi connectivity index (χ2n) is 6.90. The van der Waals surface area contributed by atoms with Crippen molar-refractivity contribution >= 4 is 28.8 Å². The second kappa shape index (κ2) is 8.71. The quantitative estimate of drug-likeness (QED) is 0.687. The van der Waals surface area contributed by atoms with Gasteiger partial charge in [-0.1, -0.05) is 0 Å². The Morgan fingerprint density at radius 1 is 1.07 bits per heavy atom. The van der Waals surface area contributed by atoms with Gasteiger partial charge in [0.15, 0.2) is 0 Å². The van der Waals surface area contributed by atoms with Gasteiger partial charge in [0.1, 0.15) is 5.58 Å². The Bertz CT molecular complexity index is 879. The number of benzene rings is 1. The number of nitrogens with zero attached hydrogens (tertiary/aromatic N) is 1. The number of amides is 1. The lowest BCUT2D eigenvalue weighted by Crippen LogP contribution is -2.57. The smallest absolute Gasteiger partial charge is 0.328 e. The van der Waals surface area contributed by atoms with Crippen LogP contribution in [0.2, 0.25) is 0 Å². The van der Waals surface area contributed by atoms with E-state index in [1.807, 2.05) is 24.3 Å². The summed E-state index contributed by atoms with van der Waals surface area (Å²) in [5.74, 6) is -1.83. The van der Waals surface area contributed by atoms with Gasteiger partial charge in [-0.2, -0.15) is 0 Å². The summed E-state index contributed by atoms with van der Waals surface area (Å²) < 4.78 is 5.30. The highest BCUT2D eigenvalue weighted by Gasteiger charge is 2.34. The molecule has 0 aliphatic carbocycles. The topological polar surface area (TPSA) is 120 Å². The molecule has 4 heterocycles. The van der Waals surface area contributed by atoms with Crippen LogP contribution in [0.3, 0.4) is 0 Å². The second-order valence-corrected chi connectivity index (χ2v) is 6.90. The Morgan fingerprint density at radius 2 is 1.75 bits per heavy atom. The van der Waals surface area contributed by atoms with Crippen LogP contribution in [0.5, 0.6) is 0 Å². The van der Waals surface area contributed by atoms with Crippen LogP contribution in [0.15, 0.2) is 47.1 Å². The van der Waals surface area contributed by atoms with E-state index in [0.29, 0.717) is 24.1 Å². The lowest BCUT2D eigenvalue weighted by atomic mass is 9.84. The first-order valence-electron chi connectivity index (χ1n) is 9.07. The van der Waals surface area contributed by atoms with Crippen molar-refractivity contribution in [3.8, 4) is 0 Å². The maximum atomic E-state index is 12.4. The van der Waals surface area contributed by atoms with Gasteiger partial charge < -0.3 is 24.8 Å². The van der Waals surface area contributed by atoms with Gasteiger partial charge in [0.2, 0.25) is 0 Å². The van der Waals surface area contributed by atoms with Gasteiger partial charge in [-0.15, -0.1) is 0 Å². The van der Waals surface area contributed by atoms with Crippen LogP contribution in [0.25, 0.3) is 11.0 Å². The van der Waals surface area contributed by atoms with Crippen molar-refractivity contribution in [2.75, 3.05) is 19.6 Å². The first-order chi connectivity index (χ1) is 13.4. The van der Waals surface area contributed by atoms with Crippen LogP contribution in [-0.4, -0.2) is 58.6 Å². The first kappa shape index (κ1) is 19.6. The molecule has 2 bridgehead atoms. The Morgan fingerprint density at radius 3 is 2.32 bits per heavy atom. The molecule has 148 valence electrons. The Hall–Kier alpha value is -3.13. The highest BCUT2D eigenvalue weighted by molar-refractivity contribution is 5.97. The number of aliphatic carboxylic acids is 2. The van der Waals surface area contributed by atoms with Gasteiger partial charge in [-0.05, 0) is 56.1 Å². The fourth-order valence-electron chi connectivity index (χ4n) is 3.63. The molecule has 3 fully saturated rings. The molecule has 8 nitrogen and oxygen atoms in total. The molecule has 0 radical (unpaired) electrons. The van der Waals surface area contributed by atoms with Gasteiger partial charge in [0, 0.05) is 35.7 Å². The minimum Gasteiger partial charge on any atom is -0.478 e. The van der Waals surface area contributed by atoms with Gasteiger partial charge in [-0.25, -0.2) is 9.59 Å². The van der Waals surface area contributed by atoms with E-state index in [-0.39, 0.29) is 5.91 Å². The fourth-order valence-corrected chi connectivity index (χ4v) is 3.63. The Labute approximate surface area is 161 Å².